The predicted octanol–water partition coefficient (Wildman–Crippen LogP) is 0.226. The summed E-state index contributed by atoms with van der Waals surface area (Å²) in [6, 6.07) is 0. The normalized spacial score (nSPS) is 9.89. The Morgan fingerprint density at radius 2 is 2.00 bits per heavy atom. The molecule has 1 aromatic heterocycles. The first-order valence-electron chi connectivity index (χ1n) is 5.79. The minimum Gasteiger partial charge on any atom is -0.360 e. The molecule has 0 aliphatic carbocycles. The van der Waals surface area contributed by atoms with Crippen LogP contribution in [0.3, 0.4) is 0 Å². The lowest BCUT2D eigenvalue weighted by atomic mass is 10.5. The molecule has 1 rings (SSSR count). The number of amides is 2. The quantitative estimate of drug-likeness (QED) is 0.659. The van der Waals surface area contributed by atoms with E-state index in [0.29, 0.717) is 11.7 Å². The maximum absolute atomic E-state index is 11.6. The highest BCUT2D eigenvalue weighted by Gasteiger charge is 2.13. The lowest BCUT2D eigenvalue weighted by Gasteiger charge is -2.02. The van der Waals surface area contributed by atoms with Crippen LogP contribution in [0.4, 0.5) is 5.13 Å². The van der Waals surface area contributed by atoms with Crippen molar-refractivity contribution in [2.24, 2.45) is 0 Å². The van der Waals surface area contributed by atoms with Crippen LogP contribution in [0.2, 0.25) is 0 Å². The van der Waals surface area contributed by atoms with Crippen molar-refractivity contribution in [1.29, 1.82) is 0 Å². The van der Waals surface area contributed by atoms with Gasteiger partial charge in [0.2, 0.25) is 16.0 Å². The standard InChI is InChI=1S/C10H17N5O2S/c1-3-5-12-10-15-14-9(18-10)8(17)13-6-7(16)11-4-2/h3-6H2,1-2H3,(H,11,16)(H,12,15)(H,13,17). The summed E-state index contributed by atoms with van der Waals surface area (Å²) < 4.78 is 0. The van der Waals surface area contributed by atoms with E-state index in [-0.39, 0.29) is 23.4 Å². The van der Waals surface area contributed by atoms with Crippen LogP contribution in [0.25, 0.3) is 0 Å². The summed E-state index contributed by atoms with van der Waals surface area (Å²) in [5.41, 5.74) is 0. The van der Waals surface area contributed by atoms with Gasteiger partial charge >= 0.3 is 0 Å². The summed E-state index contributed by atoms with van der Waals surface area (Å²) in [5, 5.41) is 16.6. The Kier molecular flexibility index (Phi) is 6.06. The molecule has 0 aliphatic rings. The molecule has 0 spiro atoms. The molecule has 2 amide bonds. The molecule has 0 bridgehead atoms. The van der Waals surface area contributed by atoms with E-state index in [9.17, 15) is 9.59 Å². The molecule has 1 aromatic rings. The van der Waals surface area contributed by atoms with Crippen LogP contribution in [0, 0.1) is 0 Å². The highest BCUT2D eigenvalue weighted by atomic mass is 32.1. The fourth-order valence-corrected chi connectivity index (χ4v) is 1.80. The van der Waals surface area contributed by atoms with Crippen LogP contribution in [0.5, 0.6) is 0 Å². The molecule has 0 aromatic carbocycles. The first-order valence-corrected chi connectivity index (χ1v) is 6.61. The molecule has 0 saturated heterocycles. The van der Waals surface area contributed by atoms with Gasteiger partial charge in [-0.2, -0.15) is 0 Å². The second-order valence-electron chi connectivity index (χ2n) is 3.48. The van der Waals surface area contributed by atoms with E-state index in [0.717, 1.165) is 13.0 Å². The van der Waals surface area contributed by atoms with Crippen molar-refractivity contribution in [3.05, 3.63) is 5.01 Å². The summed E-state index contributed by atoms with van der Waals surface area (Å²) in [7, 11) is 0. The number of hydrogen-bond acceptors (Lipinski definition) is 6. The number of nitrogens with one attached hydrogen (secondary N) is 3. The molecule has 0 saturated carbocycles. The second-order valence-corrected chi connectivity index (χ2v) is 4.45. The third kappa shape index (κ3) is 4.66. The van der Waals surface area contributed by atoms with Gasteiger partial charge in [-0.15, -0.1) is 10.2 Å². The SMILES string of the molecule is CCCNc1nnc(C(=O)NCC(=O)NCC)s1. The summed E-state index contributed by atoms with van der Waals surface area (Å²) in [4.78, 5) is 22.8. The van der Waals surface area contributed by atoms with Crippen LogP contribution < -0.4 is 16.0 Å². The van der Waals surface area contributed by atoms with Gasteiger partial charge in [-0.3, -0.25) is 9.59 Å². The first-order chi connectivity index (χ1) is 8.67. The van der Waals surface area contributed by atoms with Crippen molar-refractivity contribution in [3.63, 3.8) is 0 Å². The Morgan fingerprint density at radius 1 is 1.22 bits per heavy atom. The molecule has 18 heavy (non-hydrogen) atoms. The van der Waals surface area contributed by atoms with E-state index >= 15 is 0 Å². The summed E-state index contributed by atoms with van der Waals surface area (Å²) in [5.74, 6) is -0.608. The minimum absolute atomic E-state index is 0.0516. The van der Waals surface area contributed by atoms with E-state index in [1.165, 1.54) is 11.3 Å². The fourth-order valence-electron chi connectivity index (χ4n) is 1.11. The average Bonchev–Trinajstić information content (AvgIpc) is 2.82. The zero-order valence-corrected chi connectivity index (χ0v) is 11.3. The van der Waals surface area contributed by atoms with Crippen LogP contribution in [0.15, 0.2) is 0 Å². The van der Waals surface area contributed by atoms with Gasteiger partial charge in [0.1, 0.15) is 0 Å². The van der Waals surface area contributed by atoms with Crippen molar-refractivity contribution in [3.8, 4) is 0 Å². The van der Waals surface area contributed by atoms with E-state index in [1.54, 1.807) is 0 Å². The molecule has 3 N–H and O–H groups in total. The maximum Gasteiger partial charge on any atom is 0.282 e. The highest BCUT2D eigenvalue weighted by molar-refractivity contribution is 7.17. The lowest BCUT2D eigenvalue weighted by Crippen LogP contribution is -2.36. The van der Waals surface area contributed by atoms with Crippen LogP contribution in [0.1, 0.15) is 30.1 Å². The Labute approximate surface area is 109 Å². The van der Waals surface area contributed by atoms with Gasteiger partial charge in [-0.1, -0.05) is 18.3 Å². The lowest BCUT2D eigenvalue weighted by molar-refractivity contribution is -0.120. The number of nitrogens with zero attached hydrogens (tertiary/aromatic N) is 2. The van der Waals surface area contributed by atoms with Crippen molar-refractivity contribution in [2.75, 3.05) is 25.0 Å². The summed E-state index contributed by atoms with van der Waals surface area (Å²) in [6.07, 6.45) is 0.971. The number of likely N-dealkylation sites (N-methyl/N-ethyl adjacent to an activating group) is 1. The Balaban J connectivity index is 2.41. The maximum atomic E-state index is 11.6. The van der Waals surface area contributed by atoms with Crippen molar-refractivity contribution in [2.45, 2.75) is 20.3 Å². The largest absolute Gasteiger partial charge is 0.360 e. The van der Waals surface area contributed by atoms with Gasteiger partial charge in [0, 0.05) is 13.1 Å². The van der Waals surface area contributed by atoms with E-state index in [2.05, 4.69) is 26.1 Å². The third-order valence-electron chi connectivity index (χ3n) is 1.93. The minimum atomic E-state index is -0.386. The number of aromatic nitrogens is 2. The van der Waals surface area contributed by atoms with Gasteiger partial charge in [0.15, 0.2) is 0 Å². The molecule has 0 atom stereocenters. The molecule has 100 valence electrons. The molecule has 0 radical (unpaired) electrons. The van der Waals surface area contributed by atoms with Gasteiger partial charge < -0.3 is 16.0 Å². The molecular weight excluding hydrogens is 254 g/mol. The molecule has 0 fully saturated rings. The van der Waals surface area contributed by atoms with Crippen molar-refractivity contribution in [1.82, 2.24) is 20.8 Å². The van der Waals surface area contributed by atoms with Crippen LogP contribution in [-0.4, -0.2) is 41.6 Å². The number of carbonyl (C=O) groups is 2. The van der Waals surface area contributed by atoms with Gasteiger partial charge in [0.25, 0.3) is 5.91 Å². The predicted molar refractivity (Wildman–Crippen MR) is 69.7 cm³/mol. The Morgan fingerprint density at radius 3 is 2.67 bits per heavy atom. The number of anilines is 1. The Bertz CT molecular complexity index is 407. The summed E-state index contributed by atoms with van der Waals surface area (Å²) >= 11 is 1.17. The van der Waals surface area contributed by atoms with Crippen molar-refractivity contribution < 1.29 is 9.59 Å². The monoisotopic (exact) mass is 271 g/mol. The van der Waals surface area contributed by atoms with E-state index < -0.39 is 0 Å². The number of hydrogen-bond donors (Lipinski definition) is 3. The van der Waals surface area contributed by atoms with Gasteiger partial charge in [-0.25, -0.2) is 0 Å². The molecule has 8 heteroatoms. The van der Waals surface area contributed by atoms with Crippen molar-refractivity contribution >= 4 is 28.3 Å². The Hall–Kier alpha value is -1.70. The molecule has 0 unspecified atom stereocenters. The molecule has 1 heterocycles. The van der Waals surface area contributed by atoms with E-state index in [4.69, 9.17) is 0 Å². The average molecular weight is 271 g/mol. The second kappa shape index (κ2) is 7.59. The zero-order chi connectivity index (χ0) is 13.4. The smallest absolute Gasteiger partial charge is 0.282 e. The molecular formula is C10H17N5O2S. The van der Waals surface area contributed by atoms with Gasteiger partial charge in [-0.05, 0) is 13.3 Å². The zero-order valence-electron chi connectivity index (χ0n) is 10.4. The van der Waals surface area contributed by atoms with Crippen LogP contribution >= 0.6 is 11.3 Å². The van der Waals surface area contributed by atoms with Gasteiger partial charge in [0.05, 0.1) is 6.54 Å². The first kappa shape index (κ1) is 14.4. The van der Waals surface area contributed by atoms with Crippen LogP contribution in [-0.2, 0) is 4.79 Å². The fraction of sp³-hybridized carbons (Fsp3) is 0.600. The third-order valence-corrected chi connectivity index (χ3v) is 2.81. The molecule has 7 nitrogen and oxygen atoms in total. The highest BCUT2D eigenvalue weighted by Crippen LogP contribution is 2.14. The summed E-state index contributed by atoms with van der Waals surface area (Å²) in [6.45, 7) is 5.13. The molecule has 0 aliphatic heterocycles. The number of carbonyl (C=O) groups excluding carboxylic acids is 2. The number of rotatable bonds is 7. The van der Waals surface area contributed by atoms with E-state index in [1.807, 2.05) is 13.8 Å². The topological polar surface area (TPSA) is 96.0 Å².